The zero-order chi connectivity index (χ0) is 19.1. The predicted octanol–water partition coefficient (Wildman–Crippen LogP) is 3.02. The van der Waals surface area contributed by atoms with Crippen LogP contribution in [0.1, 0.15) is 50.2 Å². The molecule has 0 radical (unpaired) electrons. The number of guanidine groups is 1. The van der Waals surface area contributed by atoms with Gasteiger partial charge in [0.05, 0.1) is 18.2 Å². The molecule has 0 bridgehead atoms. The lowest BCUT2D eigenvalue weighted by atomic mass is 10.1. The van der Waals surface area contributed by atoms with Crippen molar-refractivity contribution in [2.24, 2.45) is 10.9 Å². The highest BCUT2D eigenvalue weighted by Crippen LogP contribution is 2.26. The van der Waals surface area contributed by atoms with Crippen molar-refractivity contribution in [1.82, 2.24) is 15.5 Å². The van der Waals surface area contributed by atoms with E-state index in [4.69, 9.17) is 5.26 Å². The van der Waals surface area contributed by atoms with Crippen LogP contribution in [0.3, 0.4) is 0 Å². The number of nitriles is 1. The maximum absolute atomic E-state index is 14.1. The number of hydrogen-bond acceptors (Lipinski definition) is 3. The summed E-state index contributed by atoms with van der Waals surface area (Å²) in [4.78, 5) is 7.11. The lowest BCUT2D eigenvalue weighted by Crippen LogP contribution is -2.44. The molecule has 146 valence electrons. The van der Waals surface area contributed by atoms with Crippen molar-refractivity contribution >= 4 is 5.96 Å². The summed E-state index contributed by atoms with van der Waals surface area (Å²) in [6.07, 6.45) is 6.67. The van der Waals surface area contributed by atoms with Crippen LogP contribution >= 0.6 is 0 Å². The maximum Gasteiger partial charge on any atom is 0.191 e. The van der Waals surface area contributed by atoms with Crippen LogP contribution < -0.4 is 10.6 Å². The SMILES string of the molecule is CCNC(=NCc1ccc(C#N)cc1F)NC1CCN(CC2CCCC2)C1. The van der Waals surface area contributed by atoms with Crippen LogP contribution in [0.15, 0.2) is 23.2 Å². The van der Waals surface area contributed by atoms with E-state index in [9.17, 15) is 4.39 Å². The molecule has 2 aliphatic rings. The monoisotopic (exact) mass is 371 g/mol. The highest BCUT2D eigenvalue weighted by Gasteiger charge is 2.26. The zero-order valence-electron chi connectivity index (χ0n) is 16.2. The first kappa shape index (κ1) is 19.6. The second kappa shape index (κ2) is 9.70. The molecule has 1 atom stereocenters. The van der Waals surface area contributed by atoms with Crippen LogP contribution in [0, 0.1) is 23.1 Å². The van der Waals surface area contributed by atoms with E-state index in [1.54, 1.807) is 12.1 Å². The van der Waals surface area contributed by atoms with Crippen molar-refractivity contribution < 1.29 is 4.39 Å². The van der Waals surface area contributed by atoms with Crippen molar-refractivity contribution in [3.8, 4) is 6.07 Å². The minimum atomic E-state index is -0.378. The Balaban J connectivity index is 1.54. The van der Waals surface area contributed by atoms with Crippen LogP contribution in [0.4, 0.5) is 4.39 Å². The molecule has 1 aromatic carbocycles. The first-order valence-electron chi connectivity index (χ1n) is 10.1. The molecule has 1 heterocycles. The van der Waals surface area contributed by atoms with Gasteiger partial charge in [0.25, 0.3) is 0 Å². The minimum Gasteiger partial charge on any atom is -0.357 e. The summed E-state index contributed by atoms with van der Waals surface area (Å²) in [5.41, 5.74) is 0.832. The third-order valence-corrected chi connectivity index (χ3v) is 5.54. The molecule has 2 fully saturated rings. The van der Waals surface area contributed by atoms with E-state index in [-0.39, 0.29) is 12.4 Å². The molecule has 5 nitrogen and oxygen atoms in total. The Morgan fingerprint density at radius 2 is 2.15 bits per heavy atom. The van der Waals surface area contributed by atoms with Gasteiger partial charge in [0.2, 0.25) is 0 Å². The van der Waals surface area contributed by atoms with Crippen molar-refractivity contribution in [3.63, 3.8) is 0 Å². The average molecular weight is 372 g/mol. The van der Waals surface area contributed by atoms with E-state index in [1.807, 2.05) is 13.0 Å². The summed E-state index contributed by atoms with van der Waals surface area (Å²) in [6.45, 7) is 6.46. The smallest absolute Gasteiger partial charge is 0.191 e. The number of nitrogens with zero attached hydrogens (tertiary/aromatic N) is 3. The predicted molar refractivity (Wildman–Crippen MR) is 106 cm³/mol. The van der Waals surface area contributed by atoms with Gasteiger partial charge < -0.3 is 15.5 Å². The lowest BCUT2D eigenvalue weighted by Gasteiger charge is -2.21. The highest BCUT2D eigenvalue weighted by atomic mass is 19.1. The molecule has 0 amide bonds. The molecule has 1 saturated heterocycles. The number of aliphatic imine (C=N–C) groups is 1. The Labute approximate surface area is 161 Å². The summed E-state index contributed by atoms with van der Waals surface area (Å²) in [5.74, 6) is 1.23. The molecule has 2 N–H and O–H groups in total. The van der Waals surface area contributed by atoms with Gasteiger partial charge >= 0.3 is 0 Å². The standard InChI is InChI=1S/C21H30FN5/c1-2-24-21(25-13-18-8-7-17(12-23)11-20(18)22)26-19-9-10-27(15-19)14-16-5-3-4-6-16/h7-8,11,16,19H,2-6,9-10,13-15H2,1H3,(H2,24,25,26). The number of benzene rings is 1. The van der Waals surface area contributed by atoms with Crippen molar-refractivity contribution in [1.29, 1.82) is 5.26 Å². The summed E-state index contributed by atoms with van der Waals surface area (Å²) >= 11 is 0. The molecular weight excluding hydrogens is 341 g/mol. The number of likely N-dealkylation sites (tertiary alicyclic amines) is 1. The maximum atomic E-state index is 14.1. The van der Waals surface area contributed by atoms with E-state index in [0.717, 1.165) is 37.9 Å². The molecule has 1 saturated carbocycles. The highest BCUT2D eigenvalue weighted by molar-refractivity contribution is 5.80. The van der Waals surface area contributed by atoms with Crippen molar-refractivity contribution in [2.75, 3.05) is 26.2 Å². The van der Waals surface area contributed by atoms with Crippen LogP contribution in [0.2, 0.25) is 0 Å². The van der Waals surface area contributed by atoms with E-state index in [1.165, 1.54) is 38.3 Å². The first-order chi connectivity index (χ1) is 13.2. The first-order valence-corrected chi connectivity index (χ1v) is 10.1. The second-order valence-electron chi connectivity index (χ2n) is 7.65. The second-order valence-corrected chi connectivity index (χ2v) is 7.65. The van der Waals surface area contributed by atoms with Crippen LogP contribution in [-0.4, -0.2) is 43.1 Å². The van der Waals surface area contributed by atoms with Gasteiger partial charge in [0.1, 0.15) is 5.82 Å². The quantitative estimate of drug-likeness (QED) is 0.596. The van der Waals surface area contributed by atoms with E-state index < -0.39 is 0 Å². The van der Waals surface area contributed by atoms with Gasteiger partial charge in [-0.1, -0.05) is 18.9 Å². The molecule has 3 rings (SSSR count). The topological polar surface area (TPSA) is 63.5 Å². The minimum absolute atomic E-state index is 0.255. The fraction of sp³-hybridized carbons (Fsp3) is 0.619. The summed E-state index contributed by atoms with van der Waals surface area (Å²) in [7, 11) is 0. The molecule has 1 aliphatic carbocycles. The number of halogens is 1. The molecule has 0 spiro atoms. The van der Waals surface area contributed by atoms with Crippen LogP contribution in [0.25, 0.3) is 0 Å². The third kappa shape index (κ3) is 5.67. The van der Waals surface area contributed by atoms with Gasteiger partial charge in [-0.25, -0.2) is 9.38 Å². The van der Waals surface area contributed by atoms with Crippen molar-refractivity contribution in [2.45, 2.75) is 51.6 Å². The van der Waals surface area contributed by atoms with Crippen LogP contribution in [0.5, 0.6) is 0 Å². The normalized spacial score (nSPS) is 21.4. The van der Waals surface area contributed by atoms with Gasteiger partial charge in [-0.3, -0.25) is 0 Å². The Morgan fingerprint density at radius 1 is 1.33 bits per heavy atom. The van der Waals surface area contributed by atoms with E-state index in [2.05, 4.69) is 20.5 Å². The average Bonchev–Trinajstić information content (AvgIpc) is 3.33. The Morgan fingerprint density at radius 3 is 2.85 bits per heavy atom. The fourth-order valence-corrected chi connectivity index (χ4v) is 4.10. The lowest BCUT2D eigenvalue weighted by molar-refractivity contribution is 0.275. The number of nitrogens with one attached hydrogen (secondary N) is 2. The van der Waals surface area contributed by atoms with Crippen LogP contribution in [-0.2, 0) is 6.54 Å². The molecule has 27 heavy (non-hydrogen) atoms. The molecule has 1 aromatic rings. The van der Waals surface area contributed by atoms with Gasteiger partial charge in [0, 0.05) is 37.8 Å². The molecule has 1 aliphatic heterocycles. The molecular formula is C21H30FN5. The summed E-state index contributed by atoms with van der Waals surface area (Å²) in [5, 5.41) is 15.6. The fourth-order valence-electron chi connectivity index (χ4n) is 4.10. The van der Waals surface area contributed by atoms with E-state index in [0.29, 0.717) is 17.2 Å². The molecule has 0 aromatic heterocycles. The largest absolute Gasteiger partial charge is 0.357 e. The Hall–Kier alpha value is -2.13. The van der Waals surface area contributed by atoms with Gasteiger partial charge in [-0.05, 0) is 44.2 Å². The number of rotatable bonds is 6. The van der Waals surface area contributed by atoms with Gasteiger partial charge in [-0.15, -0.1) is 0 Å². The van der Waals surface area contributed by atoms with E-state index >= 15 is 0 Å². The molecule has 6 heteroatoms. The zero-order valence-corrected chi connectivity index (χ0v) is 16.2. The number of hydrogen-bond donors (Lipinski definition) is 2. The van der Waals surface area contributed by atoms with Crippen molar-refractivity contribution in [3.05, 3.63) is 35.1 Å². The Kier molecular flexibility index (Phi) is 7.05. The van der Waals surface area contributed by atoms with Gasteiger partial charge in [-0.2, -0.15) is 5.26 Å². The summed E-state index contributed by atoms with van der Waals surface area (Å²) < 4.78 is 14.1. The summed E-state index contributed by atoms with van der Waals surface area (Å²) in [6, 6.07) is 6.87. The third-order valence-electron chi connectivity index (χ3n) is 5.54. The molecule has 1 unspecified atom stereocenters. The Bertz CT molecular complexity index is 690. The van der Waals surface area contributed by atoms with Gasteiger partial charge in [0.15, 0.2) is 5.96 Å².